The summed E-state index contributed by atoms with van der Waals surface area (Å²) in [4.78, 5) is 4.31. The van der Waals surface area contributed by atoms with E-state index >= 15 is 0 Å². The van der Waals surface area contributed by atoms with E-state index in [1.807, 2.05) is 0 Å². The molecule has 0 bridgehead atoms. The zero-order valence-corrected chi connectivity index (χ0v) is 13.1. The second kappa shape index (κ2) is 6.91. The molecule has 6 heteroatoms. The number of hydrogen-bond acceptors (Lipinski definition) is 5. The van der Waals surface area contributed by atoms with Gasteiger partial charge in [-0.3, -0.25) is 0 Å². The number of aromatic nitrogens is 2. The molecule has 0 fully saturated rings. The number of aliphatic hydroxyl groups excluding tert-OH is 1. The van der Waals surface area contributed by atoms with Gasteiger partial charge in [0.15, 0.2) is 0 Å². The van der Waals surface area contributed by atoms with E-state index in [2.05, 4.69) is 24.0 Å². The third-order valence-electron chi connectivity index (χ3n) is 3.03. The van der Waals surface area contributed by atoms with Gasteiger partial charge in [-0.05, 0) is 30.5 Å². The van der Waals surface area contributed by atoms with Crippen LogP contribution in [0.15, 0.2) is 22.7 Å². The maximum atomic E-state index is 9.92. The van der Waals surface area contributed by atoms with Crippen molar-refractivity contribution in [1.29, 1.82) is 0 Å². The topological polar surface area (TPSA) is 68.4 Å². The number of methoxy groups -OCH3 is 1. The van der Waals surface area contributed by atoms with Crippen molar-refractivity contribution >= 4 is 11.6 Å². The molecule has 0 amide bonds. The van der Waals surface area contributed by atoms with E-state index < -0.39 is 6.10 Å². The summed E-state index contributed by atoms with van der Waals surface area (Å²) in [7, 11) is 1.56. The lowest BCUT2D eigenvalue weighted by Crippen LogP contribution is -2.13. The Balaban J connectivity index is 2.16. The molecule has 1 aromatic heterocycles. The fraction of sp³-hybridized carbons (Fsp3) is 0.467. The number of hydrogen-bond donors (Lipinski definition) is 1. The second-order valence-electron chi connectivity index (χ2n) is 5.34. The predicted octanol–water partition coefficient (Wildman–Crippen LogP) is 3.35. The third-order valence-corrected chi connectivity index (χ3v) is 3.26. The minimum Gasteiger partial charge on any atom is -0.496 e. The molecule has 1 N–H and O–H groups in total. The van der Waals surface area contributed by atoms with Gasteiger partial charge in [-0.25, -0.2) is 0 Å². The molecule has 0 spiro atoms. The molecule has 2 aromatic rings. The van der Waals surface area contributed by atoms with Crippen LogP contribution in [0.2, 0.25) is 5.02 Å². The lowest BCUT2D eigenvalue weighted by atomic mass is 10.0. The van der Waals surface area contributed by atoms with E-state index in [0.717, 1.165) is 0 Å². The smallest absolute Gasteiger partial charge is 0.229 e. The Morgan fingerprint density at radius 2 is 2.14 bits per heavy atom. The normalized spacial score (nSPS) is 12.7. The van der Waals surface area contributed by atoms with Crippen LogP contribution in [0.3, 0.4) is 0 Å². The Morgan fingerprint density at radius 1 is 1.38 bits per heavy atom. The molecular weight excluding hydrogens is 292 g/mol. The van der Waals surface area contributed by atoms with Gasteiger partial charge in [-0.2, -0.15) is 4.98 Å². The van der Waals surface area contributed by atoms with E-state index in [0.29, 0.717) is 46.8 Å². The van der Waals surface area contributed by atoms with E-state index in [9.17, 15) is 5.11 Å². The van der Waals surface area contributed by atoms with Gasteiger partial charge in [0.05, 0.1) is 25.2 Å². The van der Waals surface area contributed by atoms with Crippen molar-refractivity contribution in [2.45, 2.75) is 32.8 Å². The Morgan fingerprint density at radius 3 is 2.81 bits per heavy atom. The van der Waals surface area contributed by atoms with E-state index in [4.69, 9.17) is 20.9 Å². The van der Waals surface area contributed by atoms with Crippen molar-refractivity contribution in [2.75, 3.05) is 7.11 Å². The maximum absolute atomic E-state index is 9.92. The molecule has 0 aliphatic rings. The first-order valence-electron chi connectivity index (χ1n) is 6.84. The van der Waals surface area contributed by atoms with Crippen LogP contribution in [-0.2, 0) is 6.42 Å². The summed E-state index contributed by atoms with van der Waals surface area (Å²) in [5.41, 5.74) is 0.704. The van der Waals surface area contributed by atoms with Gasteiger partial charge in [0, 0.05) is 5.02 Å². The summed E-state index contributed by atoms with van der Waals surface area (Å²) >= 11 is 5.93. The molecule has 0 saturated heterocycles. The fourth-order valence-electron chi connectivity index (χ4n) is 2.13. The van der Waals surface area contributed by atoms with Crippen molar-refractivity contribution in [1.82, 2.24) is 10.1 Å². The molecule has 5 nitrogen and oxygen atoms in total. The number of benzene rings is 1. The van der Waals surface area contributed by atoms with Crippen molar-refractivity contribution < 1.29 is 14.4 Å². The molecule has 1 atom stereocenters. The molecule has 2 rings (SSSR count). The number of aliphatic hydroxyl groups is 1. The van der Waals surface area contributed by atoms with Gasteiger partial charge >= 0.3 is 0 Å². The van der Waals surface area contributed by atoms with E-state index in [-0.39, 0.29) is 0 Å². The van der Waals surface area contributed by atoms with E-state index in [1.54, 1.807) is 25.3 Å². The zero-order chi connectivity index (χ0) is 15.4. The van der Waals surface area contributed by atoms with Gasteiger partial charge < -0.3 is 14.4 Å². The highest BCUT2D eigenvalue weighted by atomic mass is 35.5. The lowest BCUT2D eigenvalue weighted by molar-refractivity contribution is 0.138. The summed E-state index contributed by atoms with van der Waals surface area (Å²) in [5.74, 6) is 1.83. The molecule has 0 aliphatic heterocycles. The number of nitrogens with zero attached hydrogens (tertiary/aromatic N) is 2. The van der Waals surface area contributed by atoms with Crippen molar-refractivity contribution in [3.8, 4) is 17.1 Å². The average molecular weight is 311 g/mol. The fourth-order valence-corrected chi connectivity index (χ4v) is 2.29. The largest absolute Gasteiger partial charge is 0.496 e. The van der Waals surface area contributed by atoms with Crippen molar-refractivity contribution in [3.05, 3.63) is 29.1 Å². The van der Waals surface area contributed by atoms with E-state index in [1.165, 1.54) is 0 Å². The standard InChI is InChI=1S/C15H19ClN2O3/c1-9(2)6-11(19)8-14-17-15(18-21-14)12-5-4-10(16)7-13(12)20-3/h4-5,7,9,11,19H,6,8H2,1-3H3. The van der Waals surface area contributed by atoms with Gasteiger partial charge in [0.1, 0.15) is 5.75 Å². The van der Waals surface area contributed by atoms with Crippen LogP contribution in [0, 0.1) is 5.92 Å². The second-order valence-corrected chi connectivity index (χ2v) is 5.78. The molecule has 0 radical (unpaired) electrons. The number of rotatable bonds is 6. The predicted molar refractivity (Wildman–Crippen MR) is 80.5 cm³/mol. The highest BCUT2D eigenvalue weighted by Gasteiger charge is 2.16. The molecule has 1 heterocycles. The average Bonchev–Trinajstić information content (AvgIpc) is 2.85. The molecule has 1 aromatic carbocycles. The Bertz CT molecular complexity index is 598. The number of ether oxygens (including phenoxy) is 1. The van der Waals surface area contributed by atoms with Crippen molar-refractivity contribution in [3.63, 3.8) is 0 Å². The molecule has 0 aliphatic carbocycles. The molecular formula is C15H19ClN2O3. The maximum Gasteiger partial charge on any atom is 0.229 e. The van der Waals surface area contributed by atoms with Crippen LogP contribution in [0.5, 0.6) is 5.75 Å². The monoisotopic (exact) mass is 310 g/mol. The first-order valence-corrected chi connectivity index (χ1v) is 7.22. The summed E-state index contributed by atoms with van der Waals surface area (Å²) in [5, 5.41) is 14.4. The summed E-state index contributed by atoms with van der Waals surface area (Å²) in [6, 6.07) is 5.21. The Kier molecular flexibility index (Phi) is 5.20. The van der Waals surface area contributed by atoms with Crippen LogP contribution in [-0.4, -0.2) is 28.5 Å². The van der Waals surface area contributed by atoms with Crippen molar-refractivity contribution in [2.24, 2.45) is 5.92 Å². The molecule has 114 valence electrons. The van der Waals surface area contributed by atoms with Gasteiger partial charge in [-0.1, -0.05) is 30.6 Å². The van der Waals surface area contributed by atoms with Gasteiger partial charge in [0.2, 0.25) is 11.7 Å². The lowest BCUT2D eigenvalue weighted by Gasteiger charge is -2.09. The summed E-state index contributed by atoms with van der Waals surface area (Å²) in [6.07, 6.45) is 0.564. The summed E-state index contributed by atoms with van der Waals surface area (Å²) < 4.78 is 10.5. The minimum absolute atomic E-state index is 0.348. The molecule has 0 saturated carbocycles. The molecule has 21 heavy (non-hydrogen) atoms. The summed E-state index contributed by atoms with van der Waals surface area (Å²) in [6.45, 7) is 4.11. The van der Waals surface area contributed by atoms with Crippen LogP contribution < -0.4 is 4.74 Å². The first kappa shape index (κ1) is 15.8. The van der Waals surface area contributed by atoms with Crippen LogP contribution in [0.1, 0.15) is 26.2 Å². The Labute approximate surface area is 128 Å². The third kappa shape index (κ3) is 4.19. The highest BCUT2D eigenvalue weighted by molar-refractivity contribution is 6.30. The number of halogens is 1. The van der Waals surface area contributed by atoms with Crippen LogP contribution in [0.25, 0.3) is 11.4 Å². The van der Waals surface area contributed by atoms with Gasteiger partial charge in [-0.15, -0.1) is 0 Å². The zero-order valence-electron chi connectivity index (χ0n) is 12.3. The first-order chi connectivity index (χ1) is 9.99. The molecule has 1 unspecified atom stereocenters. The minimum atomic E-state index is -0.481. The van der Waals surface area contributed by atoms with Crippen LogP contribution >= 0.6 is 11.6 Å². The quantitative estimate of drug-likeness (QED) is 0.886. The van der Waals surface area contributed by atoms with Gasteiger partial charge in [0.25, 0.3) is 0 Å². The van der Waals surface area contributed by atoms with Crippen LogP contribution in [0.4, 0.5) is 0 Å². The Hall–Kier alpha value is -1.59. The highest BCUT2D eigenvalue weighted by Crippen LogP contribution is 2.30. The SMILES string of the molecule is COc1cc(Cl)ccc1-c1noc(CC(O)CC(C)C)n1.